The van der Waals surface area contributed by atoms with Crippen molar-refractivity contribution in [1.82, 2.24) is 5.32 Å². The maximum absolute atomic E-state index is 5.99. The molecule has 1 N–H and O–H groups in total. The minimum Gasteiger partial charge on any atom is -0.493 e. The molecule has 0 aromatic heterocycles. The van der Waals surface area contributed by atoms with Gasteiger partial charge in [0.2, 0.25) is 0 Å². The van der Waals surface area contributed by atoms with Crippen molar-refractivity contribution in [3.8, 4) is 5.75 Å². The van der Waals surface area contributed by atoms with Gasteiger partial charge in [0.05, 0.1) is 6.61 Å². The highest BCUT2D eigenvalue weighted by molar-refractivity contribution is 5.87. The lowest BCUT2D eigenvalue weighted by atomic mass is 10.0. The van der Waals surface area contributed by atoms with E-state index in [1.165, 1.54) is 16.3 Å². The first-order valence-electron chi connectivity index (χ1n) is 7.70. The number of hydrogen-bond acceptors (Lipinski definition) is 2. The van der Waals surface area contributed by atoms with Crippen LogP contribution in [0.5, 0.6) is 5.75 Å². The number of unbranched alkanes of at least 4 members (excludes halogenated alkanes) is 1. The molecule has 2 aromatic carbocycles. The largest absolute Gasteiger partial charge is 0.493 e. The Morgan fingerprint density at radius 1 is 1.19 bits per heavy atom. The highest BCUT2D eigenvalue weighted by Crippen LogP contribution is 2.28. The number of hydrogen-bond donors (Lipinski definition) is 1. The maximum Gasteiger partial charge on any atom is 0.124 e. The molecule has 0 heterocycles. The third-order valence-electron chi connectivity index (χ3n) is 3.49. The Bertz CT molecular complexity index is 589. The zero-order valence-electron chi connectivity index (χ0n) is 13.1. The molecule has 0 saturated carbocycles. The van der Waals surface area contributed by atoms with Crippen LogP contribution in [0, 0.1) is 0 Å². The summed E-state index contributed by atoms with van der Waals surface area (Å²) in [6.07, 6.45) is 3.94. The van der Waals surface area contributed by atoms with E-state index < -0.39 is 0 Å². The average Bonchev–Trinajstić information content (AvgIpc) is 2.49. The van der Waals surface area contributed by atoms with Crippen molar-refractivity contribution >= 4 is 10.8 Å². The molecule has 2 rings (SSSR count). The molecule has 0 aliphatic heterocycles. The first kappa shape index (κ1) is 15.6. The zero-order valence-corrected chi connectivity index (χ0v) is 13.1. The molecule has 2 heteroatoms. The van der Waals surface area contributed by atoms with Crippen molar-refractivity contribution in [2.24, 2.45) is 0 Å². The molecule has 0 spiro atoms. The molecule has 21 heavy (non-hydrogen) atoms. The fourth-order valence-electron chi connectivity index (χ4n) is 2.35. The molecule has 0 unspecified atom stereocenters. The Morgan fingerprint density at radius 3 is 2.76 bits per heavy atom. The minimum atomic E-state index is 0.456. The van der Waals surface area contributed by atoms with Gasteiger partial charge in [-0.25, -0.2) is 0 Å². The highest BCUT2D eigenvalue weighted by atomic mass is 16.5. The number of fused-ring (bicyclic) bond motifs is 1. The molecule has 0 amide bonds. The SMILES string of the molecule is C=CCCCOc1ccc2ccccc2c1CNC(C)C. The number of benzene rings is 2. The van der Waals surface area contributed by atoms with Crippen LogP contribution in [0.25, 0.3) is 10.8 Å². The molecule has 2 aromatic rings. The van der Waals surface area contributed by atoms with Crippen LogP contribution in [-0.4, -0.2) is 12.6 Å². The van der Waals surface area contributed by atoms with Gasteiger partial charge >= 0.3 is 0 Å². The van der Waals surface area contributed by atoms with Gasteiger partial charge in [0.1, 0.15) is 5.75 Å². The Kier molecular flexibility index (Phi) is 5.82. The summed E-state index contributed by atoms with van der Waals surface area (Å²) in [4.78, 5) is 0. The Morgan fingerprint density at radius 2 is 2.00 bits per heavy atom. The molecule has 0 aliphatic rings. The van der Waals surface area contributed by atoms with Gasteiger partial charge in [-0.05, 0) is 29.7 Å². The smallest absolute Gasteiger partial charge is 0.124 e. The predicted octanol–water partition coefficient (Wildman–Crippen LogP) is 4.68. The second-order valence-corrected chi connectivity index (χ2v) is 5.58. The Balaban J connectivity index is 2.24. The van der Waals surface area contributed by atoms with Crippen LogP contribution in [0.15, 0.2) is 49.1 Å². The van der Waals surface area contributed by atoms with Gasteiger partial charge in [0.25, 0.3) is 0 Å². The van der Waals surface area contributed by atoms with Crippen LogP contribution in [0.3, 0.4) is 0 Å². The summed E-state index contributed by atoms with van der Waals surface area (Å²) in [7, 11) is 0. The van der Waals surface area contributed by atoms with Crippen LogP contribution >= 0.6 is 0 Å². The second kappa shape index (κ2) is 7.84. The number of rotatable bonds is 8. The van der Waals surface area contributed by atoms with E-state index in [0.717, 1.165) is 31.7 Å². The molecule has 0 atom stereocenters. The predicted molar refractivity (Wildman–Crippen MR) is 90.8 cm³/mol. The van der Waals surface area contributed by atoms with E-state index in [2.05, 4.69) is 62.1 Å². The first-order chi connectivity index (χ1) is 10.2. The molecule has 0 radical (unpaired) electrons. The van der Waals surface area contributed by atoms with Crippen molar-refractivity contribution in [1.29, 1.82) is 0 Å². The summed E-state index contributed by atoms with van der Waals surface area (Å²) < 4.78 is 5.99. The van der Waals surface area contributed by atoms with E-state index in [1.807, 2.05) is 6.08 Å². The van der Waals surface area contributed by atoms with Gasteiger partial charge in [-0.1, -0.05) is 50.3 Å². The van der Waals surface area contributed by atoms with Crippen LogP contribution in [0.2, 0.25) is 0 Å². The van der Waals surface area contributed by atoms with E-state index in [4.69, 9.17) is 4.74 Å². The van der Waals surface area contributed by atoms with Gasteiger partial charge < -0.3 is 10.1 Å². The van der Waals surface area contributed by atoms with Crippen LogP contribution < -0.4 is 10.1 Å². The fraction of sp³-hybridized carbons (Fsp3) is 0.368. The summed E-state index contributed by atoms with van der Waals surface area (Å²) in [6.45, 7) is 9.64. The summed E-state index contributed by atoms with van der Waals surface area (Å²) in [5, 5.41) is 6.03. The van der Waals surface area contributed by atoms with E-state index >= 15 is 0 Å². The molecule has 2 nitrogen and oxygen atoms in total. The topological polar surface area (TPSA) is 21.3 Å². The molecule has 0 aliphatic carbocycles. The van der Waals surface area contributed by atoms with Gasteiger partial charge in [0, 0.05) is 18.2 Å². The third-order valence-corrected chi connectivity index (χ3v) is 3.49. The lowest BCUT2D eigenvalue weighted by Crippen LogP contribution is -2.22. The summed E-state index contributed by atoms with van der Waals surface area (Å²) in [6, 6.07) is 13.2. The van der Waals surface area contributed by atoms with Gasteiger partial charge in [0.15, 0.2) is 0 Å². The third kappa shape index (κ3) is 4.33. The van der Waals surface area contributed by atoms with Crippen molar-refractivity contribution in [2.45, 2.75) is 39.3 Å². The van der Waals surface area contributed by atoms with Crippen molar-refractivity contribution in [2.75, 3.05) is 6.61 Å². The van der Waals surface area contributed by atoms with Gasteiger partial charge in [-0.3, -0.25) is 0 Å². The lowest BCUT2D eigenvalue weighted by Gasteiger charge is -2.16. The lowest BCUT2D eigenvalue weighted by molar-refractivity contribution is 0.308. The van der Waals surface area contributed by atoms with Gasteiger partial charge in [-0.15, -0.1) is 6.58 Å². The van der Waals surface area contributed by atoms with Crippen LogP contribution in [0.4, 0.5) is 0 Å². The highest BCUT2D eigenvalue weighted by Gasteiger charge is 2.09. The number of nitrogens with one attached hydrogen (secondary N) is 1. The summed E-state index contributed by atoms with van der Waals surface area (Å²) in [5.41, 5.74) is 1.25. The number of allylic oxidation sites excluding steroid dienone is 1. The molecule has 0 saturated heterocycles. The van der Waals surface area contributed by atoms with E-state index in [0.29, 0.717) is 6.04 Å². The quantitative estimate of drug-likeness (QED) is 0.561. The Labute approximate surface area is 127 Å². The molecule has 0 fully saturated rings. The van der Waals surface area contributed by atoms with E-state index in [-0.39, 0.29) is 0 Å². The Hall–Kier alpha value is -1.80. The average molecular weight is 283 g/mol. The summed E-state index contributed by atoms with van der Waals surface area (Å²) in [5.74, 6) is 0.992. The van der Waals surface area contributed by atoms with Crippen LogP contribution in [-0.2, 0) is 6.54 Å². The molecule has 112 valence electrons. The zero-order chi connectivity index (χ0) is 15.1. The monoisotopic (exact) mass is 283 g/mol. The molecule has 0 bridgehead atoms. The van der Waals surface area contributed by atoms with E-state index in [9.17, 15) is 0 Å². The standard InChI is InChI=1S/C19H25NO/c1-4-5-8-13-21-19-12-11-16-9-6-7-10-17(16)18(19)14-20-15(2)3/h4,6-7,9-12,15,20H,1,5,8,13-14H2,2-3H3. The van der Waals surface area contributed by atoms with Gasteiger partial charge in [-0.2, -0.15) is 0 Å². The second-order valence-electron chi connectivity index (χ2n) is 5.58. The van der Waals surface area contributed by atoms with Crippen molar-refractivity contribution < 1.29 is 4.74 Å². The summed E-state index contributed by atoms with van der Waals surface area (Å²) >= 11 is 0. The first-order valence-corrected chi connectivity index (χ1v) is 7.70. The van der Waals surface area contributed by atoms with Crippen LogP contribution in [0.1, 0.15) is 32.3 Å². The fourth-order valence-corrected chi connectivity index (χ4v) is 2.35. The molecular weight excluding hydrogens is 258 g/mol. The normalized spacial score (nSPS) is 11.0. The number of ether oxygens (including phenoxy) is 1. The van der Waals surface area contributed by atoms with Crippen molar-refractivity contribution in [3.63, 3.8) is 0 Å². The maximum atomic E-state index is 5.99. The molecular formula is C19H25NO. The minimum absolute atomic E-state index is 0.456. The van der Waals surface area contributed by atoms with Crippen molar-refractivity contribution in [3.05, 3.63) is 54.6 Å². The van der Waals surface area contributed by atoms with E-state index in [1.54, 1.807) is 0 Å².